The van der Waals surface area contributed by atoms with Crippen molar-refractivity contribution in [3.63, 3.8) is 0 Å². The van der Waals surface area contributed by atoms with Crippen LogP contribution in [0.25, 0.3) is 34.0 Å². The van der Waals surface area contributed by atoms with Crippen molar-refractivity contribution in [2.45, 2.75) is 0 Å². The number of non-ortho nitro benzene ring substituents is 1. The number of hydrogen-bond donors (Lipinski definition) is 0. The van der Waals surface area contributed by atoms with Gasteiger partial charge in [0.15, 0.2) is 0 Å². The minimum absolute atomic E-state index is 0.0149. The van der Waals surface area contributed by atoms with Crippen LogP contribution in [0, 0.1) is 21.4 Å². The Morgan fingerprint density at radius 1 is 0.933 bits per heavy atom. The van der Waals surface area contributed by atoms with E-state index in [0.29, 0.717) is 16.1 Å². The highest BCUT2D eigenvalue weighted by molar-refractivity contribution is 7.11. The van der Waals surface area contributed by atoms with Crippen molar-refractivity contribution in [1.29, 1.82) is 5.26 Å². The summed E-state index contributed by atoms with van der Waals surface area (Å²) in [7, 11) is 0. The third kappa shape index (κ3) is 4.17. The maximum Gasteiger partial charge on any atom is 0.269 e. The minimum atomic E-state index is -0.450. The van der Waals surface area contributed by atoms with Crippen molar-refractivity contribution in [3.8, 4) is 28.5 Å². The molecule has 0 spiro atoms. The van der Waals surface area contributed by atoms with E-state index in [1.807, 2.05) is 35.7 Å². The molecule has 0 unspecified atom stereocenters. The summed E-state index contributed by atoms with van der Waals surface area (Å²) in [6.45, 7) is 0. The van der Waals surface area contributed by atoms with Crippen LogP contribution >= 0.6 is 11.3 Å². The second-order valence-corrected chi connectivity index (χ2v) is 7.36. The first kappa shape index (κ1) is 19.2. The van der Waals surface area contributed by atoms with E-state index >= 15 is 0 Å². The first-order valence-electron chi connectivity index (χ1n) is 9.12. The summed E-state index contributed by atoms with van der Waals surface area (Å²) in [4.78, 5) is 14.9. The van der Waals surface area contributed by atoms with Crippen LogP contribution in [0.15, 0.2) is 84.2 Å². The molecule has 0 radical (unpaired) electrons. The highest BCUT2D eigenvalue weighted by Gasteiger charge is 2.10. The molecule has 5 nitrogen and oxygen atoms in total. The van der Waals surface area contributed by atoms with E-state index in [-0.39, 0.29) is 5.69 Å². The van der Waals surface area contributed by atoms with Crippen molar-refractivity contribution < 1.29 is 4.92 Å². The second-order valence-electron chi connectivity index (χ2n) is 6.50. The van der Waals surface area contributed by atoms with Crippen LogP contribution < -0.4 is 0 Å². The van der Waals surface area contributed by atoms with Crippen LogP contribution in [-0.2, 0) is 0 Å². The smallest absolute Gasteiger partial charge is 0.258 e. The predicted octanol–water partition coefficient (Wildman–Crippen LogP) is 6.45. The van der Waals surface area contributed by atoms with Crippen molar-refractivity contribution >= 4 is 28.7 Å². The Labute approximate surface area is 177 Å². The number of allylic oxidation sites excluding steroid dienone is 1. The van der Waals surface area contributed by atoms with Crippen LogP contribution in [-0.4, -0.2) is 9.91 Å². The van der Waals surface area contributed by atoms with Gasteiger partial charge in [-0.05, 0) is 34.9 Å². The van der Waals surface area contributed by atoms with Gasteiger partial charge in [0.2, 0.25) is 0 Å². The average Bonchev–Trinajstić information content (AvgIpc) is 3.28. The average molecular weight is 409 g/mol. The largest absolute Gasteiger partial charge is 0.269 e. The zero-order valence-corrected chi connectivity index (χ0v) is 16.5. The molecule has 0 aliphatic rings. The SMILES string of the molecule is N#C/C(=C\c1ccc([N+](=O)[O-])cc1)c1nc(-c2ccc(-c3ccccc3)cc2)cs1. The van der Waals surface area contributed by atoms with Gasteiger partial charge < -0.3 is 0 Å². The Bertz CT molecular complexity index is 1250. The Hall–Kier alpha value is -4.08. The van der Waals surface area contributed by atoms with E-state index in [4.69, 9.17) is 0 Å². The summed E-state index contributed by atoms with van der Waals surface area (Å²) in [5, 5.41) is 22.9. The summed E-state index contributed by atoms with van der Waals surface area (Å²) >= 11 is 1.39. The number of aromatic nitrogens is 1. The van der Waals surface area contributed by atoms with Crippen LogP contribution in [0.1, 0.15) is 10.6 Å². The molecule has 0 fully saturated rings. The van der Waals surface area contributed by atoms with Crippen LogP contribution in [0.2, 0.25) is 0 Å². The summed E-state index contributed by atoms with van der Waals surface area (Å²) < 4.78 is 0. The molecule has 0 saturated heterocycles. The zero-order valence-electron chi connectivity index (χ0n) is 15.7. The van der Waals surface area contributed by atoms with Gasteiger partial charge in [0.05, 0.1) is 16.2 Å². The van der Waals surface area contributed by atoms with Gasteiger partial charge in [-0.25, -0.2) is 4.98 Å². The van der Waals surface area contributed by atoms with Gasteiger partial charge >= 0.3 is 0 Å². The van der Waals surface area contributed by atoms with E-state index in [9.17, 15) is 15.4 Å². The molecule has 4 rings (SSSR count). The number of nitro benzene ring substituents is 1. The van der Waals surface area contributed by atoms with E-state index in [0.717, 1.165) is 22.4 Å². The van der Waals surface area contributed by atoms with Gasteiger partial charge in [-0.2, -0.15) is 5.26 Å². The number of rotatable bonds is 5. The lowest BCUT2D eigenvalue weighted by Gasteiger charge is -2.02. The lowest BCUT2D eigenvalue weighted by atomic mass is 10.0. The molecule has 0 atom stereocenters. The summed E-state index contributed by atoms with van der Waals surface area (Å²) in [5.41, 5.74) is 5.21. The molecule has 0 aliphatic heterocycles. The van der Waals surface area contributed by atoms with Gasteiger partial charge in [0.1, 0.15) is 11.1 Å². The number of nitro groups is 1. The number of benzene rings is 3. The van der Waals surface area contributed by atoms with E-state index in [1.54, 1.807) is 18.2 Å². The van der Waals surface area contributed by atoms with Gasteiger partial charge in [-0.1, -0.05) is 54.6 Å². The number of hydrogen-bond acceptors (Lipinski definition) is 5. The summed E-state index contributed by atoms with van der Waals surface area (Å²) in [6, 6.07) is 26.6. The molecule has 4 aromatic rings. The summed E-state index contributed by atoms with van der Waals surface area (Å²) in [5.74, 6) is 0. The quantitative estimate of drug-likeness (QED) is 0.215. The maximum absolute atomic E-state index is 10.8. The standard InChI is InChI=1S/C24H15N3O2S/c25-15-21(14-17-6-12-22(13-7-17)27(28)29)24-26-23(16-30-24)20-10-8-19(9-11-20)18-4-2-1-3-5-18/h1-14,16H/b21-14+. The maximum atomic E-state index is 10.8. The zero-order chi connectivity index (χ0) is 20.9. The molecular formula is C24H15N3O2S. The molecule has 1 heterocycles. The highest BCUT2D eigenvalue weighted by atomic mass is 32.1. The van der Waals surface area contributed by atoms with Crippen LogP contribution in [0.5, 0.6) is 0 Å². The first-order valence-corrected chi connectivity index (χ1v) is 10.00. The first-order chi connectivity index (χ1) is 14.6. The molecule has 6 heteroatoms. The molecule has 0 bridgehead atoms. The molecular weight excluding hydrogens is 394 g/mol. The molecule has 3 aromatic carbocycles. The van der Waals surface area contributed by atoms with E-state index in [2.05, 4.69) is 35.3 Å². The van der Waals surface area contributed by atoms with Crippen LogP contribution in [0.4, 0.5) is 5.69 Å². The Kier molecular flexibility index (Phi) is 5.46. The third-order valence-corrected chi connectivity index (χ3v) is 5.43. The predicted molar refractivity (Wildman–Crippen MR) is 120 cm³/mol. The van der Waals surface area contributed by atoms with Gasteiger partial charge in [0, 0.05) is 23.1 Å². The van der Waals surface area contributed by atoms with Crippen molar-refractivity contribution in [3.05, 3.63) is 105 Å². The molecule has 30 heavy (non-hydrogen) atoms. The van der Waals surface area contributed by atoms with Crippen molar-refractivity contribution in [2.24, 2.45) is 0 Å². The fourth-order valence-corrected chi connectivity index (χ4v) is 3.79. The number of nitriles is 1. The Morgan fingerprint density at radius 3 is 2.20 bits per heavy atom. The van der Waals surface area contributed by atoms with Crippen molar-refractivity contribution in [2.75, 3.05) is 0 Å². The normalized spacial score (nSPS) is 11.1. The van der Waals surface area contributed by atoms with Gasteiger partial charge in [0.25, 0.3) is 5.69 Å². The second kappa shape index (κ2) is 8.52. The van der Waals surface area contributed by atoms with E-state index in [1.165, 1.54) is 23.5 Å². The molecule has 1 aromatic heterocycles. The lowest BCUT2D eigenvalue weighted by Crippen LogP contribution is -1.87. The Morgan fingerprint density at radius 2 is 1.57 bits per heavy atom. The molecule has 0 N–H and O–H groups in total. The monoisotopic (exact) mass is 409 g/mol. The molecule has 0 saturated carbocycles. The van der Waals surface area contributed by atoms with Gasteiger partial charge in [-0.3, -0.25) is 10.1 Å². The number of thiazole rings is 1. The number of nitrogens with zero attached hydrogens (tertiary/aromatic N) is 3. The minimum Gasteiger partial charge on any atom is -0.258 e. The third-order valence-electron chi connectivity index (χ3n) is 4.56. The lowest BCUT2D eigenvalue weighted by molar-refractivity contribution is -0.384. The topological polar surface area (TPSA) is 79.8 Å². The molecule has 0 amide bonds. The van der Waals surface area contributed by atoms with Crippen LogP contribution in [0.3, 0.4) is 0 Å². The highest BCUT2D eigenvalue weighted by Crippen LogP contribution is 2.29. The molecule has 0 aliphatic carbocycles. The molecule has 144 valence electrons. The summed E-state index contributed by atoms with van der Waals surface area (Å²) in [6.07, 6.45) is 1.69. The van der Waals surface area contributed by atoms with Gasteiger partial charge in [-0.15, -0.1) is 11.3 Å². The van der Waals surface area contributed by atoms with Crippen molar-refractivity contribution in [1.82, 2.24) is 4.98 Å². The fraction of sp³-hybridized carbons (Fsp3) is 0. The fourth-order valence-electron chi connectivity index (χ4n) is 2.99. The Balaban J connectivity index is 1.58. The van der Waals surface area contributed by atoms with E-state index < -0.39 is 4.92 Å².